The lowest BCUT2D eigenvalue weighted by atomic mass is 9.36. The maximum atomic E-state index is 13.3. The highest BCUT2D eigenvalue weighted by atomic mass is 16.6. The zero-order valence-electron chi connectivity index (χ0n) is 25.2. The fourth-order valence-corrected chi connectivity index (χ4v) is 11.0. The number of hydrogen-bond acceptors (Lipinski definition) is 12. The van der Waals surface area contributed by atoms with E-state index in [2.05, 4.69) is 0 Å². The first kappa shape index (κ1) is 30.1. The van der Waals surface area contributed by atoms with Crippen molar-refractivity contribution in [2.75, 3.05) is 7.11 Å². The molecule has 5 fully saturated rings. The molecule has 236 valence electrons. The zero-order valence-corrected chi connectivity index (χ0v) is 25.2. The summed E-state index contributed by atoms with van der Waals surface area (Å²) in [5, 5.41) is 37.6. The van der Waals surface area contributed by atoms with Gasteiger partial charge in [0, 0.05) is 53.4 Å². The third kappa shape index (κ3) is 3.54. The minimum absolute atomic E-state index is 0.00377. The molecule has 2 heterocycles. The molecule has 1 aromatic rings. The highest BCUT2D eigenvalue weighted by Crippen LogP contribution is 2.81. The summed E-state index contributed by atoms with van der Waals surface area (Å²) in [5.41, 5.74) is -6.50. The quantitative estimate of drug-likeness (QED) is 0.328. The summed E-state index contributed by atoms with van der Waals surface area (Å²) in [5.74, 6) is -6.77. The summed E-state index contributed by atoms with van der Waals surface area (Å²) >= 11 is 0. The molecule has 0 amide bonds. The van der Waals surface area contributed by atoms with Crippen molar-refractivity contribution in [1.29, 1.82) is 0 Å². The molecule has 1 aromatic heterocycles. The Morgan fingerprint density at radius 2 is 1.67 bits per heavy atom. The van der Waals surface area contributed by atoms with Gasteiger partial charge in [0.2, 0.25) is 0 Å². The highest BCUT2D eigenvalue weighted by Gasteiger charge is 2.89. The molecule has 5 aliphatic rings. The average Bonchev–Trinajstić information content (AvgIpc) is 3.57. The Labute approximate surface area is 249 Å². The molecule has 0 unspecified atom stereocenters. The van der Waals surface area contributed by atoms with Gasteiger partial charge in [-0.15, -0.1) is 0 Å². The topological polar surface area (TPSA) is 179 Å². The van der Waals surface area contributed by atoms with E-state index < -0.39 is 99.4 Å². The monoisotopic (exact) mass is 604 g/mol. The summed E-state index contributed by atoms with van der Waals surface area (Å²) in [4.78, 5) is 51.4. The first-order valence-electron chi connectivity index (χ1n) is 14.8. The van der Waals surface area contributed by atoms with Crippen molar-refractivity contribution in [3.05, 3.63) is 24.2 Å². The Morgan fingerprint density at radius 1 is 1.02 bits per heavy atom. The Kier molecular flexibility index (Phi) is 6.49. The van der Waals surface area contributed by atoms with Crippen LogP contribution in [0.3, 0.4) is 0 Å². The van der Waals surface area contributed by atoms with Gasteiger partial charge < -0.3 is 38.7 Å². The fourth-order valence-electron chi connectivity index (χ4n) is 11.0. The molecule has 0 spiro atoms. The van der Waals surface area contributed by atoms with Crippen LogP contribution in [0.15, 0.2) is 23.0 Å². The van der Waals surface area contributed by atoms with Gasteiger partial charge in [-0.1, -0.05) is 20.8 Å². The predicted molar refractivity (Wildman–Crippen MR) is 143 cm³/mol. The van der Waals surface area contributed by atoms with Gasteiger partial charge in [-0.3, -0.25) is 14.4 Å². The molecule has 0 radical (unpaired) electrons. The molecular weight excluding hydrogens is 564 g/mol. The van der Waals surface area contributed by atoms with Gasteiger partial charge in [0.15, 0.2) is 6.10 Å². The summed E-state index contributed by atoms with van der Waals surface area (Å²) in [6.07, 6.45) is -1.61. The smallest absolute Gasteiger partial charge is 0.335 e. The summed E-state index contributed by atoms with van der Waals surface area (Å²) in [6, 6.07) is 1.69. The summed E-state index contributed by atoms with van der Waals surface area (Å²) in [6.45, 7) is 7.79. The third-order valence-corrected chi connectivity index (χ3v) is 12.3. The molecular formula is C31H40O12. The highest BCUT2D eigenvalue weighted by molar-refractivity contribution is 5.76. The number of esters is 4. The van der Waals surface area contributed by atoms with Gasteiger partial charge in [-0.25, -0.2) is 4.79 Å². The molecule has 1 aliphatic heterocycles. The molecule has 43 heavy (non-hydrogen) atoms. The molecule has 3 N–H and O–H groups in total. The Morgan fingerprint density at radius 3 is 2.26 bits per heavy atom. The van der Waals surface area contributed by atoms with E-state index in [-0.39, 0.29) is 19.3 Å². The van der Waals surface area contributed by atoms with E-state index in [1.165, 1.54) is 26.4 Å². The zero-order chi connectivity index (χ0) is 31.5. The van der Waals surface area contributed by atoms with Crippen LogP contribution >= 0.6 is 0 Å². The standard InChI is InChI=1S/C31H40O12/c1-14(32)41-24-20-25(42-15(2)33)31(38)17(29(5)22(21(35)26(36)39-6)28(24,4)13-30(20,29)37)7-9-27(3)18(31)11-19(34)43-23(27)16-8-10-40-12-16/h8,10,12,17-18,20-25,35,37-38H,7,9,11,13H2,1-6H3/t17-,18-,20-,21-,22+,23+,24-,25-,27-,28-,29-,30+,31-/m0/s1. The Bertz CT molecular complexity index is 1360. The Balaban J connectivity index is 1.61. The van der Waals surface area contributed by atoms with Gasteiger partial charge in [0.1, 0.15) is 23.9 Å². The number of fused-ring (bicyclic) bond motifs is 5. The molecule has 13 atom stereocenters. The van der Waals surface area contributed by atoms with E-state index in [1.807, 2.05) is 6.92 Å². The number of carbonyl (C=O) groups is 4. The van der Waals surface area contributed by atoms with Crippen LogP contribution in [0.2, 0.25) is 0 Å². The van der Waals surface area contributed by atoms with Crippen molar-refractivity contribution < 1.29 is 57.9 Å². The number of ether oxygens (including phenoxy) is 4. The van der Waals surface area contributed by atoms with Crippen LogP contribution in [0.4, 0.5) is 0 Å². The number of aliphatic hydroxyl groups is 3. The van der Waals surface area contributed by atoms with Crippen LogP contribution in [0.25, 0.3) is 0 Å². The number of cyclic esters (lactones) is 1. The van der Waals surface area contributed by atoms with Crippen molar-refractivity contribution in [1.82, 2.24) is 0 Å². The lowest BCUT2D eigenvalue weighted by molar-refractivity contribution is -0.357. The van der Waals surface area contributed by atoms with Gasteiger partial charge in [-0.05, 0) is 25.3 Å². The fraction of sp³-hybridized carbons (Fsp3) is 0.742. The number of hydrogen-bond donors (Lipinski definition) is 3. The second kappa shape index (κ2) is 9.28. The van der Waals surface area contributed by atoms with E-state index in [0.29, 0.717) is 12.0 Å². The SMILES string of the molecule is COC(=O)[C@@H](O)[C@@H]1[C@]2(C)C[C@@]3(O)[C@@H]([C@@H]2OC(C)=O)[C@H](OC(C)=O)[C@]2(O)[C@@H](CC[C@]4(C)[C@@H](c5ccoc5)OC(=O)C[C@@H]42)[C@@]13C. The van der Waals surface area contributed by atoms with Crippen LogP contribution in [-0.2, 0) is 38.1 Å². The minimum Gasteiger partial charge on any atom is -0.472 e. The van der Waals surface area contributed by atoms with E-state index in [9.17, 15) is 34.5 Å². The normalized spacial score (nSPS) is 48.4. The third-order valence-electron chi connectivity index (χ3n) is 12.3. The van der Waals surface area contributed by atoms with Crippen molar-refractivity contribution in [3.63, 3.8) is 0 Å². The van der Waals surface area contributed by atoms with Gasteiger partial charge in [0.25, 0.3) is 0 Å². The molecule has 12 nitrogen and oxygen atoms in total. The molecule has 2 bridgehead atoms. The van der Waals surface area contributed by atoms with Gasteiger partial charge in [-0.2, -0.15) is 0 Å². The second-order valence-electron chi connectivity index (χ2n) is 14.1. The van der Waals surface area contributed by atoms with Crippen LogP contribution in [0.5, 0.6) is 0 Å². The predicted octanol–water partition coefficient (Wildman–Crippen LogP) is 1.84. The van der Waals surface area contributed by atoms with Crippen LogP contribution in [0, 0.1) is 39.9 Å². The summed E-state index contributed by atoms with van der Waals surface area (Å²) in [7, 11) is 1.15. The maximum absolute atomic E-state index is 13.3. The van der Waals surface area contributed by atoms with Crippen molar-refractivity contribution in [2.45, 2.75) is 95.9 Å². The first-order valence-corrected chi connectivity index (χ1v) is 14.8. The van der Waals surface area contributed by atoms with Crippen molar-refractivity contribution >= 4 is 23.9 Å². The van der Waals surface area contributed by atoms with E-state index in [1.54, 1.807) is 19.9 Å². The molecule has 0 aromatic carbocycles. The number of methoxy groups -OCH3 is 1. The van der Waals surface area contributed by atoms with Crippen LogP contribution < -0.4 is 0 Å². The molecule has 1 saturated heterocycles. The number of carbonyl (C=O) groups excluding carboxylic acids is 4. The number of rotatable bonds is 5. The van der Waals surface area contributed by atoms with Crippen LogP contribution in [-0.4, -0.2) is 75.8 Å². The average molecular weight is 605 g/mol. The molecule has 4 aliphatic carbocycles. The Hall–Kier alpha value is -2.96. The first-order chi connectivity index (χ1) is 20.0. The lowest BCUT2D eigenvalue weighted by Gasteiger charge is -2.72. The lowest BCUT2D eigenvalue weighted by Crippen LogP contribution is -2.81. The molecule has 6 rings (SSSR count). The minimum atomic E-state index is -1.97. The van der Waals surface area contributed by atoms with Gasteiger partial charge >= 0.3 is 23.9 Å². The van der Waals surface area contributed by atoms with Crippen molar-refractivity contribution in [2.24, 2.45) is 39.9 Å². The van der Waals surface area contributed by atoms with E-state index >= 15 is 0 Å². The number of aliphatic hydroxyl groups excluding tert-OH is 1. The van der Waals surface area contributed by atoms with E-state index in [4.69, 9.17) is 23.4 Å². The largest absolute Gasteiger partial charge is 0.472 e. The number of furan rings is 1. The van der Waals surface area contributed by atoms with Crippen LogP contribution in [0.1, 0.15) is 72.0 Å². The second-order valence-corrected chi connectivity index (χ2v) is 14.1. The van der Waals surface area contributed by atoms with Gasteiger partial charge in [0.05, 0.1) is 37.6 Å². The molecule has 12 heteroatoms. The maximum Gasteiger partial charge on any atom is 0.335 e. The van der Waals surface area contributed by atoms with E-state index in [0.717, 1.165) is 7.11 Å². The summed E-state index contributed by atoms with van der Waals surface area (Å²) < 4.78 is 27.9. The van der Waals surface area contributed by atoms with Crippen molar-refractivity contribution in [3.8, 4) is 0 Å². The molecule has 4 saturated carbocycles.